The summed E-state index contributed by atoms with van der Waals surface area (Å²) < 4.78 is 0. The predicted octanol–water partition coefficient (Wildman–Crippen LogP) is 2.34. The average molecular weight is 320 g/mol. The molecule has 3 fully saturated rings. The minimum atomic E-state index is -0.107. The van der Waals surface area contributed by atoms with Crippen LogP contribution in [0, 0.1) is 11.8 Å². The molecule has 5 heteroatoms. The summed E-state index contributed by atoms with van der Waals surface area (Å²) in [6, 6.07) is 0.337. The lowest BCUT2D eigenvalue weighted by Gasteiger charge is -2.35. The lowest BCUT2D eigenvalue weighted by molar-refractivity contribution is -0.141. The molecule has 1 aliphatic carbocycles. The van der Waals surface area contributed by atoms with Gasteiger partial charge in [-0.15, -0.1) is 0 Å². The third kappa shape index (κ3) is 3.15. The van der Waals surface area contributed by atoms with Crippen LogP contribution in [-0.2, 0) is 14.4 Å². The topological polar surface area (TPSA) is 57.7 Å². The fourth-order valence-electron chi connectivity index (χ4n) is 4.56. The van der Waals surface area contributed by atoms with Crippen molar-refractivity contribution in [2.75, 3.05) is 13.1 Å². The molecule has 0 aromatic heterocycles. The van der Waals surface area contributed by atoms with E-state index >= 15 is 0 Å². The molecule has 2 aliphatic heterocycles. The maximum absolute atomic E-state index is 12.5. The molecule has 0 radical (unpaired) electrons. The van der Waals surface area contributed by atoms with Gasteiger partial charge in [-0.05, 0) is 38.5 Å². The van der Waals surface area contributed by atoms with Crippen LogP contribution in [0.5, 0.6) is 0 Å². The van der Waals surface area contributed by atoms with Gasteiger partial charge >= 0.3 is 0 Å². The number of hydrogen-bond acceptors (Lipinski definition) is 3. The number of hydrogen-bond donors (Lipinski definition) is 0. The molecule has 3 atom stereocenters. The van der Waals surface area contributed by atoms with Gasteiger partial charge in [-0.25, -0.2) is 0 Å². The summed E-state index contributed by atoms with van der Waals surface area (Å²) in [6.45, 7) is 3.22. The highest BCUT2D eigenvalue weighted by atomic mass is 16.2. The van der Waals surface area contributed by atoms with E-state index in [1.165, 1.54) is 11.3 Å². The van der Waals surface area contributed by atoms with Crippen LogP contribution >= 0.6 is 0 Å². The average Bonchev–Trinajstić information content (AvgIpc) is 2.84. The lowest BCUT2D eigenvalue weighted by Crippen LogP contribution is -2.45. The second-order valence-electron chi connectivity index (χ2n) is 7.22. The molecule has 2 heterocycles. The minimum Gasteiger partial charge on any atom is -0.340 e. The number of carbonyl (C=O) groups is 3. The molecule has 2 saturated heterocycles. The first kappa shape index (κ1) is 16.5. The first-order chi connectivity index (χ1) is 11.1. The van der Waals surface area contributed by atoms with Crippen LogP contribution in [0.2, 0.25) is 0 Å². The molecule has 128 valence electrons. The van der Waals surface area contributed by atoms with Gasteiger partial charge in [0, 0.05) is 25.6 Å². The molecule has 23 heavy (non-hydrogen) atoms. The molecule has 0 bridgehead atoms. The van der Waals surface area contributed by atoms with Gasteiger partial charge < -0.3 is 4.90 Å². The van der Waals surface area contributed by atoms with E-state index < -0.39 is 0 Å². The zero-order chi connectivity index (χ0) is 16.4. The summed E-state index contributed by atoms with van der Waals surface area (Å²) >= 11 is 0. The van der Waals surface area contributed by atoms with Gasteiger partial charge in [0.2, 0.25) is 17.7 Å². The van der Waals surface area contributed by atoms with Gasteiger partial charge in [-0.2, -0.15) is 0 Å². The number of rotatable bonds is 4. The van der Waals surface area contributed by atoms with E-state index in [1.54, 1.807) is 0 Å². The highest BCUT2D eigenvalue weighted by Crippen LogP contribution is 2.38. The number of piperidine rings is 1. The summed E-state index contributed by atoms with van der Waals surface area (Å²) in [6.07, 6.45) is 8.35. The fourth-order valence-corrected chi connectivity index (χ4v) is 4.56. The minimum absolute atomic E-state index is 0.0295. The van der Waals surface area contributed by atoms with Crippen LogP contribution in [0.1, 0.15) is 64.7 Å². The van der Waals surface area contributed by atoms with Crippen molar-refractivity contribution in [3.8, 4) is 0 Å². The standard InChI is InChI=1S/C18H28N2O3/c1-2-13-7-5-6-11-19(13)16(21)10-12-20-17(22)14-8-3-4-9-15(14)18(20)23/h13-15H,2-12H2,1H3/t13-,14+,15+/m1/s1. The monoisotopic (exact) mass is 320 g/mol. The molecule has 5 nitrogen and oxygen atoms in total. The van der Waals surface area contributed by atoms with E-state index in [-0.39, 0.29) is 42.5 Å². The van der Waals surface area contributed by atoms with Gasteiger partial charge in [-0.1, -0.05) is 19.8 Å². The Morgan fingerprint density at radius 3 is 2.22 bits per heavy atom. The SMILES string of the molecule is CC[C@@H]1CCCCN1C(=O)CCN1C(=O)[C@H]2CCCC[C@@H]2C1=O. The summed E-state index contributed by atoms with van der Waals surface area (Å²) in [5.41, 5.74) is 0. The summed E-state index contributed by atoms with van der Waals surface area (Å²) in [5, 5.41) is 0. The Balaban J connectivity index is 1.58. The van der Waals surface area contributed by atoms with Crippen molar-refractivity contribution in [1.82, 2.24) is 9.80 Å². The van der Waals surface area contributed by atoms with Crippen molar-refractivity contribution in [2.24, 2.45) is 11.8 Å². The van der Waals surface area contributed by atoms with Crippen molar-refractivity contribution in [2.45, 2.75) is 70.8 Å². The van der Waals surface area contributed by atoms with Crippen molar-refractivity contribution >= 4 is 17.7 Å². The fraction of sp³-hybridized carbons (Fsp3) is 0.833. The van der Waals surface area contributed by atoms with Gasteiger partial charge in [0.1, 0.15) is 0 Å². The van der Waals surface area contributed by atoms with Crippen LogP contribution < -0.4 is 0 Å². The van der Waals surface area contributed by atoms with Gasteiger partial charge in [-0.3, -0.25) is 19.3 Å². The van der Waals surface area contributed by atoms with Crippen LogP contribution in [0.4, 0.5) is 0 Å². The predicted molar refractivity (Wildman–Crippen MR) is 86.4 cm³/mol. The van der Waals surface area contributed by atoms with E-state index in [2.05, 4.69) is 6.92 Å². The van der Waals surface area contributed by atoms with Crippen LogP contribution in [-0.4, -0.2) is 46.7 Å². The molecule has 0 unspecified atom stereocenters. The molecule has 0 spiro atoms. The molecule has 3 amide bonds. The highest BCUT2D eigenvalue weighted by Gasteiger charge is 2.47. The number of amides is 3. The number of likely N-dealkylation sites (tertiary alicyclic amines) is 2. The second kappa shape index (κ2) is 7.02. The Morgan fingerprint density at radius 1 is 1.00 bits per heavy atom. The highest BCUT2D eigenvalue weighted by molar-refractivity contribution is 6.05. The third-order valence-corrected chi connectivity index (χ3v) is 5.90. The van der Waals surface area contributed by atoms with Crippen molar-refractivity contribution < 1.29 is 14.4 Å². The number of fused-ring (bicyclic) bond motifs is 1. The smallest absolute Gasteiger partial charge is 0.233 e. The van der Waals surface area contributed by atoms with E-state index in [1.807, 2.05) is 4.90 Å². The summed E-state index contributed by atoms with van der Waals surface area (Å²) in [7, 11) is 0. The Kier molecular flexibility index (Phi) is 5.02. The molecule has 0 aromatic rings. The van der Waals surface area contributed by atoms with Gasteiger partial charge in [0.15, 0.2) is 0 Å². The van der Waals surface area contributed by atoms with E-state index in [9.17, 15) is 14.4 Å². The second-order valence-corrected chi connectivity index (χ2v) is 7.22. The molecular formula is C18H28N2O3. The maximum atomic E-state index is 12.5. The third-order valence-electron chi connectivity index (χ3n) is 5.90. The molecule has 0 aromatic carbocycles. The largest absolute Gasteiger partial charge is 0.340 e. The first-order valence-corrected chi connectivity index (χ1v) is 9.28. The molecule has 0 N–H and O–H groups in total. The lowest BCUT2D eigenvalue weighted by atomic mass is 9.81. The summed E-state index contributed by atoms with van der Waals surface area (Å²) in [5.74, 6) is -0.169. The van der Waals surface area contributed by atoms with E-state index in [0.717, 1.165) is 51.5 Å². The number of nitrogens with zero attached hydrogens (tertiary/aromatic N) is 2. The zero-order valence-corrected chi connectivity index (χ0v) is 14.1. The van der Waals surface area contributed by atoms with Gasteiger partial charge in [0.25, 0.3) is 0 Å². The van der Waals surface area contributed by atoms with E-state index in [0.29, 0.717) is 6.04 Å². The molecule has 3 rings (SSSR count). The Bertz CT molecular complexity index is 467. The quantitative estimate of drug-likeness (QED) is 0.747. The van der Waals surface area contributed by atoms with E-state index in [4.69, 9.17) is 0 Å². The van der Waals surface area contributed by atoms with Crippen LogP contribution in [0.3, 0.4) is 0 Å². The van der Waals surface area contributed by atoms with Crippen molar-refractivity contribution in [3.05, 3.63) is 0 Å². The van der Waals surface area contributed by atoms with Crippen LogP contribution in [0.25, 0.3) is 0 Å². The van der Waals surface area contributed by atoms with Crippen molar-refractivity contribution in [3.63, 3.8) is 0 Å². The molecule has 3 aliphatic rings. The number of imide groups is 1. The zero-order valence-electron chi connectivity index (χ0n) is 14.1. The van der Waals surface area contributed by atoms with Crippen LogP contribution in [0.15, 0.2) is 0 Å². The number of carbonyl (C=O) groups excluding carboxylic acids is 3. The Labute approximate surface area is 138 Å². The molecular weight excluding hydrogens is 292 g/mol. The Hall–Kier alpha value is -1.39. The maximum Gasteiger partial charge on any atom is 0.233 e. The normalized spacial score (nSPS) is 31.4. The van der Waals surface area contributed by atoms with Gasteiger partial charge in [0.05, 0.1) is 11.8 Å². The molecule has 1 saturated carbocycles. The van der Waals surface area contributed by atoms with Crippen molar-refractivity contribution in [1.29, 1.82) is 0 Å². The Morgan fingerprint density at radius 2 is 1.61 bits per heavy atom. The first-order valence-electron chi connectivity index (χ1n) is 9.28. The summed E-state index contributed by atoms with van der Waals surface area (Å²) in [4.78, 5) is 40.8.